The van der Waals surface area contributed by atoms with Gasteiger partial charge in [-0.1, -0.05) is 36.7 Å². The molecule has 0 radical (unpaired) electrons. The van der Waals surface area contributed by atoms with Gasteiger partial charge in [-0.2, -0.15) is 0 Å². The van der Waals surface area contributed by atoms with Crippen LogP contribution in [0, 0.1) is 0 Å². The third-order valence-corrected chi connectivity index (χ3v) is 3.55. The summed E-state index contributed by atoms with van der Waals surface area (Å²) in [5.74, 6) is -0.557. The number of esters is 1. The van der Waals surface area contributed by atoms with Crippen molar-refractivity contribution in [3.63, 3.8) is 0 Å². The summed E-state index contributed by atoms with van der Waals surface area (Å²) in [6.45, 7) is 7.19. The highest BCUT2D eigenvalue weighted by molar-refractivity contribution is 6.45. The Kier molecular flexibility index (Phi) is 6.72. The second-order valence-corrected chi connectivity index (χ2v) is 4.88. The van der Waals surface area contributed by atoms with Gasteiger partial charge in [-0.25, -0.2) is 4.79 Å². The highest BCUT2D eigenvalue weighted by Gasteiger charge is 2.18. The van der Waals surface area contributed by atoms with Crippen LogP contribution in [0.4, 0.5) is 0 Å². The van der Waals surface area contributed by atoms with Crippen molar-refractivity contribution in [1.82, 2.24) is 0 Å². The summed E-state index contributed by atoms with van der Waals surface area (Å²) in [6.07, 6.45) is 0.522. The van der Waals surface area contributed by atoms with Gasteiger partial charge in [-0.05, 0) is 31.1 Å². The number of allylic oxidation sites excluding steroid dienone is 1. The monoisotopic (exact) mass is 330 g/mol. The van der Waals surface area contributed by atoms with Crippen LogP contribution in [-0.4, -0.2) is 25.0 Å². The number of hydrogen-bond acceptors (Lipinski definition) is 4. The first-order chi connectivity index (χ1) is 9.92. The molecule has 1 rings (SSSR count). The van der Waals surface area contributed by atoms with Crippen molar-refractivity contribution in [1.29, 1.82) is 0 Å². The van der Waals surface area contributed by atoms with E-state index < -0.39 is 5.97 Å². The SMILES string of the molecule is C=C(CC)C(=O)c1ccc(OCC(=O)OCC)c(Cl)c1Cl. The second-order valence-electron chi connectivity index (χ2n) is 4.12. The number of Topliss-reactive ketones (excluding diaryl/α,β-unsaturated/α-hetero) is 1. The minimum Gasteiger partial charge on any atom is -0.480 e. The number of carbonyl (C=O) groups excluding carboxylic acids is 2. The van der Waals surface area contributed by atoms with Crippen LogP contribution in [-0.2, 0) is 9.53 Å². The molecule has 114 valence electrons. The standard InChI is InChI=1S/C15H16Cl2O4/c1-4-9(3)15(19)10-6-7-11(14(17)13(10)16)21-8-12(18)20-5-2/h6-7H,3-5,8H2,1-2H3. The van der Waals surface area contributed by atoms with Crippen molar-refractivity contribution in [3.8, 4) is 5.75 Å². The predicted octanol–water partition coefficient (Wildman–Crippen LogP) is 4.08. The number of hydrogen-bond donors (Lipinski definition) is 0. The fourth-order valence-electron chi connectivity index (χ4n) is 1.51. The molecule has 0 saturated carbocycles. The average molecular weight is 331 g/mol. The van der Waals surface area contributed by atoms with Crippen LogP contribution in [0.2, 0.25) is 10.0 Å². The Bertz CT molecular complexity index is 567. The summed E-state index contributed by atoms with van der Waals surface area (Å²) in [5.41, 5.74) is 0.699. The lowest BCUT2D eigenvalue weighted by molar-refractivity contribution is -0.145. The van der Waals surface area contributed by atoms with Crippen molar-refractivity contribution in [2.75, 3.05) is 13.2 Å². The first-order valence-corrected chi connectivity index (χ1v) is 7.16. The highest BCUT2D eigenvalue weighted by atomic mass is 35.5. The molecule has 0 unspecified atom stereocenters. The summed E-state index contributed by atoms with van der Waals surface area (Å²) >= 11 is 12.1. The molecule has 0 bridgehead atoms. The third-order valence-electron chi connectivity index (χ3n) is 2.69. The zero-order valence-corrected chi connectivity index (χ0v) is 13.4. The third kappa shape index (κ3) is 4.48. The van der Waals surface area contributed by atoms with Gasteiger partial charge in [-0.3, -0.25) is 4.79 Å². The molecule has 1 aromatic carbocycles. The van der Waals surface area contributed by atoms with Crippen LogP contribution < -0.4 is 4.74 Å². The Balaban J connectivity index is 2.93. The normalized spacial score (nSPS) is 10.1. The number of ether oxygens (including phenoxy) is 2. The molecule has 0 aliphatic heterocycles. The molecule has 0 saturated heterocycles. The smallest absolute Gasteiger partial charge is 0.344 e. The molecule has 6 heteroatoms. The van der Waals surface area contributed by atoms with E-state index in [4.69, 9.17) is 32.7 Å². The Morgan fingerprint density at radius 1 is 1.19 bits per heavy atom. The van der Waals surface area contributed by atoms with E-state index in [0.717, 1.165) is 0 Å². The average Bonchev–Trinajstić information content (AvgIpc) is 2.47. The Hall–Kier alpha value is -1.52. The molecule has 0 N–H and O–H groups in total. The molecule has 0 aliphatic rings. The van der Waals surface area contributed by atoms with E-state index in [0.29, 0.717) is 12.0 Å². The van der Waals surface area contributed by atoms with Crippen LogP contribution in [0.1, 0.15) is 30.6 Å². The molecule has 0 fully saturated rings. The number of ketones is 1. The van der Waals surface area contributed by atoms with Crippen LogP contribution in [0.3, 0.4) is 0 Å². The van der Waals surface area contributed by atoms with Crippen LogP contribution >= 0.6 is 23.2 Å². The van der Waals surface area contributed by atoms with Crippen molar-refractivity contribution in [2.45, 2.75) is 20.3 Å². The van der Waals surface area contributed by atoms with E-state index in [1.54, 1.807) is 6.92 Å². The van der Waals surface area contributed by atoms with E-state index in [-0.39, 0.29) is 40.4 Å². The minimum absolute atomic E-state index is 0.0794. The molecule has 21 heavy (non-hydrogen) atoms. The first-order valence-electron chi connectivity index (χ1n) is 6.41. The zero-order valence-electron chi connectivity index (χ0n) is 11.9. The molecule has 1 aromatic rings. The van der Waals surface area contributed by atoms with Gasteiger partial charge in [0.1, 0.15) is 10.8 Å². The fraction of sp³-hybridized carbons (Fsp3) is 0.333. The van der Waals surface area contributed by atoms with E-state index in [9.17, 15) is 9.59 Å². The second kappa shape index (κ2) is 8.05. The summed E-state index contributed by atoms with van der Waals surface area (Å²) in [7, 11) is 0. The Morgan fingerprint density at radius 2 is 1.86 bits per heavy atom. The predicted molar refractivity (Wildman–Crippen MR) is 82.4 cm³/mol. The molecular weight excluding hydrogens is 315 g/mol. The number of halogens is 2. The lowest BCUT2D eigenvalue weighted by atomic mass is 10.0. The van der Waals surface area contributed by atoms with Gasteiger partial charge in [0.05, 0.1) is 11.6 Å². The topological polar surface area (TPSA) is 52.6 Å². The van der Waals surface area contributed by atoms with Crippen molar-refractivity contribution in [3.05, 3.63) is 39.9 Å². The summed E-state index contributed by atoms with van der Waals surface area (Å²) in [5, 5.41) is 0.161. The molecular formula is C15H16Cl2O4. The van der Waals surface area contributed by atoms with Gasteiger partial charge in [0.25, 0.3) is 0 Å². The van der Waals surface area contributed by atoms with Crippen molar-refractivity contribution >= 4 is 35.0 Å². The minimum atomic E-state index is -0.510. The maximum absolute atomic E-state index is 12.1. The van der Waals surface area contributed by atoms with Gasteiger partial charge in [-0.15, -0.1) is 0 Å². The van der Waals surface area contributed by atoms with Crippen LogP contribution in [0.25, 0.3) is 0 Å². The quantitative estimate of drug-likeness (QED) is 0.429. The Labute approximate surface area is 133 Å². The number of benzene rings is 1. The molecule has 0 atom stereocenters. The lowest BCUT2D eigenvalue weighted by Crippen LogP contribution is -2.15. The van der Waals surface area contributed by atoms with Gasteiger partial charge < -0.3 is 9.47 Å². The Morgan fingerprint density at radius 3 is 2.43 bits per heavy atom. The zero-order chi connectivity index (χ0) is 16.0. The van der Waals surface area contributed by atoms with E-state index in [2.05, 4.69) is 6.58 Å². The molecule has 0 aromatic heterocycles. The summed E-state index contributed by atoms with van der Waals surface area (Å²) < 4.78 is 9.96. The van der Waals surface area contributed by atoms with Gasteiger partial charge in [0.2, 0.25) is 0 Å². The summed E-state index contributed by atoms with van der Waals surface area (Å²) in [6, 6.07) is 2.99. The van der Waals surface area contributed by atoms with Gasteiger partial charge >= 0.3 is 5.97 Å². The fourth-order valence-corrected chi connectivity index (χ4v) is 1.97. The first kappa shape index (κ1) is 17.5. The number of rotatable bonds is 7. The van der Waals surface area contributed by atoms with Crippen molar-refractivity contribution in [2.24, 2.45) is 0 Å². The lowest BCUT2D eigenvalue weighted by Gasteiger charge is -2.11. The van der Waals surface area contributed by atoms with Gasteiger partial charge in [0.15, 0.2) is 12.4 Å². The maximum atomic E-state index is 12.1. The summed E-state index contributed by atoms with van der Waals surface area (Å²) in [4.78, 5) is 23.3. The van der Waals surface area contributed by atoms with E-state index in [1.165, 1.54) is 12.1 Å². The molecule has 0 aliphatic carbocycles. The van der Waals surface area contributed by atoms with Gasteiger partial charge in [0, 0.05) is 5.56 Å². The van der Waals surface area contributed by atoms with Crippen LogP contribution in [0.15, 0.2) is 24.3 Å². The largest absolute Gasteiger partial charge is 0.480 e. The van der Waals surface area contributed by atoms with Crippen LogP contribution in [0.5, 0.6) is 5.75 Å². The maximum Gasteiger partial charge on any atom is 0.344 e. The highest BCUT2D eigenvalue weighted by Crippen LogP contribution is 2.35. The molecule has 0 heterocycles. The van der Waals surface area contributed by atoms with E-state index in [1.807, 2.05) is 6.92 Å². The number of carbonyl (C=O) groups is 2. The molecule has 0 spiro atoms. The molecule has 0 amide bonds. The van der Waals surface area contributed by atoms with E-state index >= 15 is 0 Å². The molecule has 4 nitrogen and oxygen atoms in total. The van der Waals surface area contributed by atoms with Crippen molar-refractivity contribution < 1.29 is 19.1 Å².